The van der Waals surface area contributed by atoms with Crippen LogP contribution >= 0.6 is 0 Å². The zero-order valence-corrected chi connectivity index (χ0v) is 12.6. The summed E-state index contributed by atoms with van der Waals surface area (Å²) in [5.74, 6) is 0.0110. The van der Waals surface area contributed by atoms with Gasteiger partial charge in [-0.05, 0) is 24.7 Å². The van der Waals surface area contributed by atoms with Gasteiger partial charge >= 0.3 is 0 Å². The number of aliphatic hydroxyl groups excluding tert-OH is 1. The van der Waals surface area contributed by atoms with Gasteiger partial charge in [-0.1, -0.05) is 18.6 Å². The van der Waals surface area contributed by atoms with Crippen molar-refractivity contribution in [1.82, 2.24) is 0 Å². The van der Waals surface area contributed by atoms with Crippen molar-refractivity contribution in [3.8, 4) is 0 Å². The first kappa shape index (κ1) is 13.9. The maximum absolute atomic E-state index is 12.3. The maximum Gasteiger partial charge on any atom is 0.172 e. The van der Waals surface area contributed by atoms with Gasteiger partial charge in [0.2, 0.25) is 0 Å². The molecule has 4 atom stereocenters. The van der Waals surface area contributed by atoms with Gasteiger partial charge in [-0.15, -0.1) is 0 Å². The standard InChI is InChI=1S/C17H24O4/c1-16-6-7-17(20-8-9-21-17)10-11(16)2-3-12-13(18)4-5-14(19)15(12)16/h2,12,14-15,19H,3-10H2,1H3/t12-,14-,15-,16-/m1/s1. The highest BCUT2D eigenvalue weighted by Gasteiger charge is 2.56. The first-order valence-corrected chi connectivity index (χ1v) is 8.22. The molecule has 0 radical (unpaired) electrons. The number of rotatable bonds is 0. The van der Waals surface area contributed by atoms with E-state index in [1.54, 1.807) is 0 Å². The lowest BCUT2D eigenvalue weighted by molar-refractivity contribution is -0.187. The Morgan fingerprint density at radius 1 is 1.29 bits per heavy atom. The molecule has 116 valence electrons. The van der Waals surface area contributed by atoms with Crippen LogP contribution in [0.3, 0.4) is 0 Å². The number of Topliss-reactive ketones (excluding diaryl/α,β-unsaturated/α-hetero) is 1. The highest BCUT2D eigenvalue weighted by atomic mass is 16.7. The zero-order chi connectivity index (χ0) is 14.7. The average molecular weight is 292 g/mol. The average Bonchev–Trinajstić information content (AvgIpc) is 2.92. The molecule has 1 N–H and O–H groups in total. The molecular formula is C17H24O4. The molecule has 0 amide bonds. The van der Waals surface area contributed by atoms with Crippen LogP contribution in [-0.2, 0) is 14.3 Å². The Bertz CT molecular complexity index is 491. The van der Waals surface area contributed by atoms with Gasteiger partial charge in [0, 0.05) is 31.1 Å². The van der Waals surface area contributed by atoms with Crippen molar-refractivity contribution in [2.75, 3.05) is 13.2 Å². The van der Waals surface area contributed by atoms with E-state index in [2.05, 4.69) is 13.0 Å². The van der Waals surface area contributed by atoms with Crippen LogP contribution in [0.5, 0.6) is 0 Å². The van der Waals surface area contributed by atoms with E-state index >= 15 is 0 Å². The fraction of sp³-hybridized carbons (Fsp3) is 0.824. The summed E-state index contributed by atoms with van der Waals surface area (Å²) in [6.45, 7) is 3.59. The molecule has 3 aliphatic carbocycles. The summed E-state index contributed by atoms with van der Waals surface area (Å²) in [6, 6.07) is 0. The lowest BCUT2D eigenvalue weighted by Crippen LogP contribution is -2.53. The monoisotopic (exact) mass is 292 g/mol. The Morgan fingerprint density at radius 3 is 2.81 bits per heavy atom. The quantitative estimate of drug-likeness (QED) is 0.696. The molecule has 4 aliphatic rings. The number of hydrogen-bond acceptors (Lipinski definition) is 4. The van der Waals surface area contributed by atoms with Gasteiger partial charge in [0.25, 0.3) is 0 Å². The molecule has 4 nitrogen and oxygen atoms in total. The van der Waals surface area contributed by atoms with Crippen molar-refractivity contribution in [1.29, 1.82) is 0 Å². The fourth-order valence-electron chi connectivity index (χ4n) is 5.16. The number of aliphatic hydroxyl groups is 1. The highest BCUT2D eigenvalue weighted by molar-refractivity contribution is 5.83. The van der Waals surface area contributed by atoms with Gasteiger partial charge in [0.1, 0.15) is 5.78 Å². The molecular weight excluding hydrogens is 268 g/mol. The van der Waals surface area contributed by atoms with E-state index in [0.29, 0.717) is 31.8 Å². The Morgan fingerprint density at radius 2 is 2.05 bits per heavy atom. The minimum atomic E-state index is -0.429. The topological polar surface area (TPSA) is 55.8 Å². The van der Waals surface area contributed by atoms with Crippen LogP contribution in [-0.4, -0.2) is 36.0 Å². The van der Waals surface area contributed by atoms with Crippen LogP contribution in [0.1, 0.15) is 45.4 Å². The second-order valence-electron chi connectivity index (χ2n) is 7.37. The molecule has 0 bridgehead atoms. The number of carbonyl (C=O) groups is 1. The Hall–Kier alpha value is -0.710. The van der Waals surface area contributed by atoms with Gasteiger partial charge in [-0.3, -0.25) is 4.79 Å². The number of fused-ring (bicyclic) bond motifs is 3. The zero-order valence-electron chi connectivity index (χ0n) is 12.6. The SMILES string of the molecule is C[C@@]12CCC3(CC1=CC[C@@H]1C(=O)CC[C@@H](O)[C@@H]12)OCCO3. The van der Waals surface area contributed by atoms with E-state index in [9.17, 15) is 9.90 Å². The van der Waals surface area contributed by atoms with E-state index in [0.717, 1.165) is 25.7 Å². The normalized spacial score (nSPS) is 45.1. The largest absolute Gasteiger partial charge is 0.393 e. The minimum absolute atomic E-state index is 0.0157. The van der Waals surface area contributed by atoms with Crippen LogP contribution in [0, 0.1) is 17.3 Å². The number of hydrogen-bond donors (Lipinski definition) is 1. The van der Waals surface area contributed by atoms with E-state index in [1.807, 2.05) is 0 Å². The third-order valence-corrected chi connectivity index (χ3v) is 6.33. The summed E-state index contributed by atoms with van der Waals surface area (Å²) >= 11 is 0. The van der Waals surface area contributed by atoms with Gasteiger partial charge in [-0.25, -0.2) is 0 Å². The molecule has 21 heavy (non-hydrogen) atoms. The highest BCUT2D eigenvalue weighted by Crippen LogP contribution is 2.58. The predicted molar refractivity (Wildman–Crippen MR) is 76.5 cm³/mol. The first-order valence-electron chi connectivity index (χ1n) is 8.22. The molecule has 0 aromatic carbocycles. The van der Waals surface area contributed by atoms with Crippen molar-refractivity contribution in [3.63, 3.8) is 0 Å². The molecule has 1 heterocycles. The van der Waals surface area contributed by atoms with Crippen molar-refractivity contribution in [2.45, 2.75) is 57.3 Å². The van der Waals surface area contributed by atoms with Crippen molar-refractivity contribution >= 4 is 5.78 Å². The smallest absolute Gasteiger partial charge is 0.172 e. The van der Waals surface area contributed by atoms with Crippen LogP contribution in [0.25, 0.3) is 0 Å². The Labute approximate surface area is 125 Å². The molecule has 0 aromatic rings. The summed E-state index contributed by atoms with van der Waals surface area (Å²) in [6.07, 6.45) is 6.44. The maximum atomic E-state index is 12.3. The molecule has 1 spiro atoms. The van der Waals surface area contributed by atoms with Crippen LogP contribution < -0.4 is 0 Å². The van der Waals surface area contributed by atoms with Gasteiger partial charge in [-0.2, -0.15) is 0 Å². The number of allylic oxidation sites excluding steroid dienone is 1. The van der Waals surface area contributed by atoms with Crippen molar-refractivity contribution in [2.24, 2.45) is 17.3 Å². The molecule has 0 unspecified atom stereocenters. The number of ketones is 1. The molecule has 1 saturated heterocycles. The van der Waals surface area contributed by atoms with Gasteiger partial charge < -0.3 is 14.6 Å². The van der Waals surface area contributed by atoms with E-state index in [4.69, 9.17) is 9.47 Å². The lowest BCUT2D eigenvalue weighted by atomic mass is 9.52. The van der Waals surface area contributed by atoms with Crippen LogP contribution in [0.2, 0.25) is 0 Å². The van der Waals surface area contributed by atoms with Crippen LogP contribution in [0.15, 0.2) is 11.6 Å². The number of carbonyl (C=O) groups excluding carboxylic acids is 1. The van der Waals surface area contributed by atoms with E-state index < -0.39 is 5.79 Å². The third-order valence-electron chi connectivity index (χ3n) is 6.33. The third kappa shape index (κ3) is 1.96. The fourth-order valence-corrected chi connectivity index (χ4v) is 5.16. The number of ether oxygens (including phenoxy) is 2. The molecule has 2 saturated carbocycles. The molecule has 0 aromatic heterocycles. The second-order valence-corrected chi connectivity index (χ2v) is 7.37. The Balaban J connectivity index is 1.68. The first-order chi connectivity index (χ1) is 10.0. The molecule has 1 aliphatic heterocycles. The predicted octanol–water partition coefficient (Wildman–Crippen LogP) is 2.21. The minimum Gasteiger partial charge on any atom is -0.393 e. The summed E-state index contributed by atoms with van der Waals surface area (Å²) < 4.78 is 11.7. The second kappa shape index (κ2) is 4.64. The summed E-state index contributed by atoms with van der Waals surface area (Å²) in [5.41, 5.74) is 1.27. The summed E-state index contributed by atoms with van der Waals surface area (Å²) in [4.78, 5) is 12.3. The molecule has 4 rings (SSSR count). The van der Waals surface area contributed by atoms with Crippen LogP contribution in [0.4, 0.5) is 0 Å². The Kier molecular flexibility index (Phi) is 3.08. The molecule has 3 fully saturated rings. The summed E-state index contributed by atoms with van der Waals surface area (Å²) in [5, 5.41) is 10.5. The summed E-state index contributed by atoms with van der Waals surface area (Å²) in [7, 11) is 0. The molecule has 4 heteroatoms. The van der Waals surface area contributed by atoms with Gasteiger partial charge in [0.15, 0.2) is 5.79 Å². The van der Waals surface area contributed by atoms with E-state index in [-0.39, 0.29) is 23.4 Å². The van der Waals surface area contributed by atoms with Crippen molar-refractivity contribution in [3.05, 3.63) is 11.6 Å². The van der Waals surface area contributed by atoms with Gasteiger partial charge in [0.05, 0.1) is 19.3 Å². The van der Waals surface area contributed by atoms with Crippen molar-refractivity contribution < 1.29 is 19.4 Å². The lowest BCUT2D eigenvalue weighted by Gasteiger charge is -2.54. The van der Waals surface area contributed by atoms with E-state index in [1.165, 1.54) is 5.57 Å².